The van der Waals surface area contributed by atoms with Crippen molar-refractivity contribution in [2.24, 2.45) is 11.7 Å². The smallest absolute Gasteiger partial charge is 0.226 e. The zero-order valence-electron chi connectivity index (χ0n) is 13.5. The molecule has 0 radical (unpaired) electrons. The minimum atomic E-state index is -0.213. The second-order valence-corrected chi connectivity index (χ2v) is 6.85. The molecule has 3 nitrogen and oxygen atoms in total. The van der Waals surface area contributed by atoms with E-state index in [0.717, 1.165) is 30.5 Å². The topological polar surface area (TPSA) is 46.3 Å². The predicted octanol–water partition coefficient (Wildman–Crippen LogP) is 3.16. The molecule has 3 atom stereocenters. The van der Waals surface area contributed by atoms with Crippen molar-refractivity contribution < 1.29 is 9.18 Å². The van der Waals surface area contributed by atoms with Gasteiger partial charge in [0, 0.05) is 25.0 Å². The normalized spacial score (nSPS) is 25.8. The lowest BCUT2D eigenvalue weighted by Gasteiger charge is -2.16. The first kappa shape index (κ1) is 15.3. The van der Waals surface area contributed by atoms with Crippen LogP contribution in [0.5, 0.6) is 0 Å². The monoisotopic (exact) mass is 324 g/mol. The van der Waals surface area contributed by atoms with Crippen LogP contribution in [0.25, 0.3) is 11.1 Å². The Morgan fingerprint density at radius 1 is 1.12 bits per heavy atom. The molecule has 1 saturated heterocycles. The van der Waals surface area contributed by atoms with Gasteiger partial charge in [0.2, 0.25) is 5.91 Å². The molecule has 1 aliphatic carbocycles. The van der Waals surface area contributed by atoms with Gasteiger partial charge in [0.25, 0.3) is 0 Å². The summed E-state index contributed by atoms with van der Waals surface area (Å²) in [4.78, 5) is 14.5. The molecule has 0 bridgehead atoms. The van der Waals surface area contributed by atoms with E-state index in [1.165, 1.54) is 6.07 Å². The number of amides is 1. The molecule has 4 rings (SSSR count). The molecule has 2 aromatic rings. The summed E-state index contributed by atoms with van der Waals surface area (Å²) in [5.41, 5.74) is 8.48. The Balaban J connectivity index is 1.61. The first-order valence-electron chi connectivity index (χ1n) is 8.53. The van der Waals surface area contributed by atoms with E-state index < -0.39 is 0 Å². The van der Waals surface area contributed by atoms with E-state index in [-0.39, 0.29) is 29.6 Å². The van der Waals surface area contributed by atoms with Crippen LogP contribution in [-0.2, 0) is 4.79 Å². The van der Waals surface area contributed by atoms with Crippen LogP contribution < -0.4 is 5.73 Å². The number of nitrogens with two attached hydrogens (primary N) is 1. The Morgan fingerprint density at radius 2 is 1.92 bits per heavy atom. The van der Waals surface area contributed by atoms with Gasteiger partial charge in [-0.2, -0.15) is 0 Å². The van der Waals surface area contributed by atoms with Crippen molar-refractivity contribution in [3.8, 4) is 11.1 Å². The fourth-order valence-electron chi connectivity index (χ4n) is 3.79. The van der Waals surface area contributed by atoms with Crippen LogP contribution in [0.4, 0.5) is 4.39 Å². The SMILES string of the molecule is NC1CCN(C(=O)C2CC2c2c(F)cccc2-c2ccccc2)C1. The average molecular weight is 324 g/mol. The van der Waals surface area contributed by atoms with Crippen molar-refractivity contribution in [1.29, 1.82) is 0 Å². The molecule has 124 valence electrons. The summed E-state index contributed by atoms with van der Waals surface area (Å²) in [5, 5.41) is 0. The minimum Gasteiger partial charge on any atom is -0.341 e. The highest BCUT2D eigenvalue weighted by molar-refractivity contribution is 5.84. The summed E-state index contributed by atoms with van der Waals surface area (Å²) in [6.07, 6.45) is 1.59. The van der Waals surface area contributed by atoms with E-state index in [9.17, 15) is 9.18 Å². The number of carbonyl (C=O) groups is 1. The molecule has 0 aromatic heterocycles. The molecule has 24 heavy (non-hydrogen) atoms. The molecule has 2 N–H and O–H groups in total. The highest BCUT2D eigenvalue weighted by Gasteiger charge is 2.48. The zero-order chi connectivity index (χ0) is 16.7. The molecule has 0 spiro atoms. The lowest BCUT2D eigenvalue weighted by molar-refractivity contribution is -0.131. The van der Waals surface area contributed by atoms with Crippen molar-refractivity contribution in [3.63, 3.8) is 0 Å². The van der Waals surface area contributed by atoms with Crippen molar-refractivity contribution >= 4 is 5.91 Å². The standard InChI is InChI=1S/C20H21FN2O/c21-18-8-4-7-15(13-5-2-1-3-6-13)19(18)16-11-17(16)20(24)23-10-9-14(22)12-23/h1-8,14,16-17H,9-12,22H2. The van der Waals surface area contributed by atoms with Crippen molar-refractivity contribution in [2.75, 3.05) is 13.1 Å². The van der Waals surface area contributed by atoms with E-state index in [2.05, 4.69) is 0 Å². The maximum absolute atomic E-state index is 14.6. The summed E-state index contributed by atoms with van der Waals surface area (Å²) in [6.45, 7) is 1.36. The molecule has 1 aliphatic heterocycles. The van der Waals surface area contributed by atoms with Crippen LogP contribution in [0.2, 0.25) is 0 Å². The van der Waals surface area contributed by atoms with Crippen molar-refractivity contribution in [1.82, 2.24) is 4.90 Å². The Labute approximate surface area is 141 Å². The van der Waals surface area contributed by atoms with Gasteiger partial charge in [-0.15, -0.1) is 0 Å². The maximum Gasteiger partial charge on any atom is 0.226 e. The number of hydrogen-bond donors (Lipinski definition) is 1. The number of nitrogens with zero attached hydrogens (tertiary/aromatic N) is 1. The highest BCUT2D eigenvalue weighted by atomic mass is 19.1. The van der Waals surface area contributed by atoms with Crippen LogP contribution in [0.3, 0.4) is 0 Å². The second-order valence-electron chi connectivity index (χ2n) is 6.85. The Morgan fingerprint density at radius 3 is 2.62 bits per heavy atom. The largest absolute Gasteiger partial charge is 0.341 e. The summed E-state index contributed by atoms with van der Waals surface area (Å²) in [5.74, 6) is -0.203. The zero-order valence-corrected chi connectivity index (χ0v) is 13.5. The van der Waals surface area contributed by atoms with E-state index in [4.69, 9.17) is 5.73 Å². The third-order valence-electron chi connectivity index (χ3n) is 5.15. The van der Waals surface area contributed by atoms with Gasteiger partial charge in [-0.05, 0) is 41.5 Å². The van der Waals surface area contributed by atoms with E-state index in [1.54, 1.807) is 6.07 Å². The van der Waals surface area contributed by atoms with E-state index >= 15 is 0 Å². The molecule has 4 heteroatoms. The molecule has 1 saturated carbocycles. The fourth-order valence-corrected chi connectivity index (χ4v) is 3.79. The van der Waals surface area contributed by atoms with Gasteiger partial charge < -0.3 is 10.6 Å². The Hall–Kier alpha value is -2.20. The number of rotatable bonds is 3. The molecule has 3 unspecified atom stereocenters. The number of hydrogen-bond acceptors (Lipinski definition) is 2. The van der Waals surface area contributed by atoms with Gasteiger partial charge in [0.1, 0.15) is 5.82 Å². The van der Waals surface area contributed by atoms with Crippen molar-refractivity contribution in [3.05, 3.63) is 59.9 Å². The van der Waals surface area contributed by atoms with E-state index in [0.29, 0.717) is 12.1 Å². The third kappa shape index (κ3) is 2.71. The van der Waals surface area contributed by atoms with Gasteiger partial charge in [0.15, 0.2) is 0 Å². The third-order valence-corrected chi connectivity index (χ3v) is 5.15. The number of carbonyl (C=O) groups excluding carboxylic acids is 1. The minimum absolute atomic E-state index is 0.0225. The lowest BCUT2D eigenvalue weighted by atomic mass is 9.95. The summed E-state index contributed by atoms with van der Waals surface area (Å²) < 4.78 is 14.6. The molecule has 1 amide bonds. The Bertz CT molecular complexity index is 761. The fraction of sp³-hybridized carbons (Fsp3) is 0.350. The number of likely N-dealkylation sites (tertiary alicyclic amines) is 1. The molecule has 2 aromatic carbocycles. The second kappa shape index (κ2) is 6.02. The summed E-state index contributed by atoms with van der Waals surface area (Å²) in [7, 11) is 0. The van der Waals surface area contributed by atoms with E-state index in [1.807, 2.05) is 41.3 Å². The maximum atomic E-state index is 14.6. The van der Waals surface area contributed by atoms with Crippen molar-refractivity contribution in [2.45, 2.75) is 24.8 Å². The highest BCUT2D eigenvalue weighted by Crippen LogP contribution is 2.52. The lowest BCUT2D eigenvalue weighted by Crippen LogP contribution is -2.33. The summed E-state index contributed by atoms with van der Waals surface area (Å²) >= 11 is 0. The summed E-state index contributed by atoms with van der Waals surface area (Å²) in [6, 6.07) is 15.1. The van der Waals surface area contributed by atoms with Crippen LogP contribution in [0, 0.1) is 11.7 Å². The predicted molar refractivity (Wildman–Crippen MR) is 91.9 cm³/mol. The number of halogens is 1. The molecule has 2 aliphatic rings. The first-order chi connectivity index (χ1) is 11.6. The van der Waals surface area contributed by atoms with Gasteiger partial charge in [0.05, 0.1) is 0 Å². The van der Waals surface area contributed by atoms with Crippen LogP contribution in [0.15, 0.2) is 48.5 Å². The first-order valence-corrected chi connectivity index (χ1v) is 8.53. The Kier molecular flexibility index (Phi) is 3.85. The quantitative estimate of drug-likeness (QED) is 0.943. The van der Waals surface area contributed by atoms with Crippen LogP contribution in [0.1, 0.15) is 24.3 Å². The molecular formula is C20H21FN2O. The van der Waals surface area contributed by atoms with Crippen LogP contribution in [-0.4, -0.2) is 29.9 Å². The van der Waals surface area contributed by atoms with Gasteiger partial charge in [-0.3, -0.25) is 4.79 Å². The van der Waals surface area contributed by atoms with Gasteiger partial charge >= 0.3 is 0 Å². The molecule has 1 heterocycles. The molecule has 2 fully saturated rings. The molecular weight excluding hydrogens is 303 g/mol. The average Bonchev–Trinajstić information content (AvgIpc) is 3.27. The van der Waals surface area contributed by atoms with Crippen LogP contribution >= 0.6 is 0 Å². The number of benzene rings is 2. The van der Waals surface area contributed by atoms with Gasteiger partial charge in [-0.1, -0.05) is 42.5 Å². The van der Waals surface area contributed by atoms with Gasteiger partial charge in [-0.25, -0.2) is 4.39 Å².